The first-order chi connectivity index (χ1) is 14.7. The molecule has 3 aromatic carbocycles. The third-order valence-electron chi connectivity index (χ3n) is 4.49. The Kier molecular flexibility index (Phi) is 6.46. The summed E-state index contributed by atoms with van der Waals surface area (Å²) in [5.41, 5.74) is 3.82. The fourth-order valence-corrected chi connectivity index (χ4v) is 2.75. The van der Waals surface area contributed by atoms with E-state index in [2.05, 4.69) is 13.2 Å². The monoisotopic (exact) mass is 415 g/mol. The molecule has 0 radical (unpaired) electrons. The van der Waals surface area contributed by atoms with Crippen LogP contribution in [0.1, 0.15) is 13.8 Å². The number of ether oxygens (including phenoxy) is 2. The SMILES string of the molecule is C=C(C)C(=N)Oc1ccc(-c2ccc(-c3ccc(OC(=O)C(=C)C)cc3F)cc2)cc1. The van der Waals surface area contributed by atoms with Crippen LogP contribution in [0, 0.1) is 11.2 Å². The van der Waals surface area contributed by atoms with Gasteiger partial charge in [0, 0.05) is 22.8 Å². The molecule has 0 aliphatic rings. The van der Waals surface area contributed by atoms with Gasteiger partial charge in [0.1, 0.15) is 17.3 Å². The highest BCUT2D eigenvalue weighted by Crippen LogP contribution is 2.29. The van der Waals surface area contributed by atoms with Crippen molar-refractivity contribution in [3.05, 3.63) is 96.9 Å². The van der Waals surface area contributed by atoms with Crippen LogP contribution in [0.15, 0.2) is 91.0 Å². The number of hydrogen-bond acceptors (Lipinski definition) is 4. The van der Waals surface area contributed by atoms with Crippen LogP contribution < -0.4 is 9.47 Å². The maximum atomic E-state index is 14.6. The van der Waals surface area contributed by atoms with E-state index in [-0.39, 0.29) is 17.2 Å². The summed E-state index contributed by atoms with van der Waals surface area (Å²) in [6.07, 6.45) is 0. The minimum atomic E-state index is -0.593. The van der Waals surface area contributed by atoms with E-state index in [1.54, 1.807) is 31.2 Å². The van der Waals surface area contributed by atoms with E-state index in [0.29, 0.717) is 22.4 Å². The van der Waals surface area contributed by atoms with Crippen molar-refractivity contribution in [1.82, 2.24) is 0 Å². The van der Waals surface area contributed by atoms with Crippen molar-refractivity contribution < 1.29 is 18.7 Å². The summed E-state index contributed by atoms with van der Waals surface area (Å²) in [6.45, 7) is 10.4. The number of esters is 1. The highest BCUT2D eigenvalue weighted by molar-refractivity contribution is 5.91. The molecule has 5 heteroatoms. The number of hydrogen-bond donors (Lipinski definition) is 1. The Morgan fingerprint density at radius 2 is 1.29 bits per heavy atom. The Morgan fingerprint density at radius 3 is 1.81 bits per heavy atom. The van der Waals surface area contributed by atoms with Crippen LogP contribution in [0.25, 0.3) is 22.3 Å². The van der Waals surface area contributed by atoms with Gasteiger partial charge in [-0.25, -0.2) is 9.18 Å². The lowest BCUT2D eigenvalue weighted by atomic mass is 10.00. The van der Waals surface area contributed by atoms with Crippen LogP contribution in [0.2, 0.25) is 0 Å². The van der Waals surface area contributed by atoms with Gasteiger partial charge in [0.25, 0.3) is 0 Å². The predicted octanol–water partition coefficient (Wildman–Crippen LogP) is 6.57. The lowest BCUT2D eigenvalue weighted by Gasteiger charge is -2.09. The summed E-state index contributed by atoms with van der Waals surface area (Å²) < 4.78 is 25.0. The third-order valence-corrected chi connectivity index (χ3v) is 4.49. The molecule has 0 aliphatic carbocycles. The highest BCUT2D eigenvalue weighted by Gasteiger charge is 2.11. The second kappa shape index (κ2) is 9.22. The quantitative estimate of drug-likeness (QED) is 0.163. The number of rotatable bonds is 6. The summed E-state index contributed by atoms with van der Waals surface area (Å²) >= 11 is 0. The molecule has 4 nitrogen and oxygen atoms in total. The molecule has 0 amide bonds. The average Bonchev–Trinajstić information content (AvgIpc) is 2.74. The van der Waals surface area contributed by atoms with Gasteiger partial charge in [0.15, 0.2) is 0 Å². The summed E-state index contributed by atoms with van der Waals surface area (Å²) in [7, 11) is 0. The number of halogens is 1. The van der Waals surface area contributed by atoms with Gasteiger partial charge in [-0.3, -0.25) is 5.41 Å². The Bertz CT molecular complexity index is 1160. The Morgan fingerprint density at radius 1 is 0.774 bits per heavy atom. The maximum Gasteiger partial charge on any atom is 0.338 e. The number of carbonyl (C=O) groups is 1. The van der Waals surface area contributed by atoms with Gasteiger partial charge in [0.05, 0.1) is 0 Å². The second-order valence-corrected chi connectivity index (χ2v) is 7.12. The molecular formula is C26H22FNO3. The normalized spacial score (nSPS) is 10.3. The molecule has 0 atom stereocenters. The molecule has 0 fully saturated rings. The van der Waals surface area contributed by atoms with Crippen LogP contribution >= 0.6 is 0 Å². The number of benzene rings is 3. The van der Waals surface area contributed by atoms with E-state index in [1.165, 1.54) is 13.0 Å². The highest BCUT2D eigenvalue weighted by atomic mass is 19.1. The van der Waals surface area contributed by atoms with Crippen molar-refractivity contribution in [1.29, 1.82) is 5.41 Å². The summed E-state index contributed by atoms with van der Waals surface area (Å²) in [5.74, 6) is -0.360. The largest absolute Gasteiger partial charge is 0.439 e. The van der Waals surface area contributed by atoms with Crippen LogP contribution in [-0.4, -0.2) is 11.9 Å². The van der Waals surface area contributed by atoms with Crippen LogP contribution in [0.3, 0.4) is 0 Å². The van der Waals surface area contributed by atoms with E-state index in [4.69, 9.17) is 14.9 Å². The van der Waals surface area contributed by atoms with Crippen LogP contribution in [0.5, 0.6) is 11.5 Å². The number of carbonyl (C=O) groups excluding carboxylic acids is 1. The molecule has 0 spiro atoms. The van der Waals surface area contributed by atoms with Gasteiger partial charge in [-0.05, 0) is 54.8 Å². The first kappa shape index (κ1) is 21.7. The fraction of sp³-hybridized carbons (Fsp3) is 0.0769. The van der Waals surface area contributed by atoms with E-state index >= 15 is 0 Å². The van der Waals surface area contributed by atoms with Gasteiger partial charge in [-0.15, -0.1) is 0 Å². The van der Waals surface area contributed by atoms with E-state index < -0.39 is 11.8 Å². The molecule has 156 valence electrons. The van der Waals surface area contributed by atoms with Crippen molar-refractivity contribution in [3.8, 4) is 33.8 Å². The van der Waals surface area contributed by atoms with Crippen molar-refractivity contribution in [2.45, 2.75) is 13.8 Å². The first-order valence-electron chi connectivity index (χ1n) is 9.55. The minimum absolute atomic E-state index is 0.0274. The zero-order valence-corrected chi connectivity index (χ0v) is 17.4. The van der Waals surface area contributed by atoms with E-state index in [9.17, 15) is 9.18 Å². The van der Waals surface area contributed by atoms with E-state index in [0.717, 1.165) is 11.1 Å². The topological polar surface area (TPSA) is 59.4 Å². The molecule has 0 saturated carbocycles. The first-order valence-corrected chi connectivity index (χ1v) is 9.55. The number of nitrogens with one attached hydrogen (secondary N) is 1. The molecule has 3 rings (SSSR count). The van der Waals surface area contributed by atoms with Gasteiger partial charge in [-0.2, -0.15) is 0 Å². The molecule has 31 heavy (non-hydrogen) atoms. The minimum Gasteiger partial charge on any atom is -0.439 e. The molecule has 0 bridgehead atoms. The summed E-state index contributed by atoms with van der Waals surface area (Å²) in [5, 5.41) is 7.71. The molecular weight excluding hydrogens is 393 g/mol. The zero-order valence-electron chi connectivity index (χ0n) is 17.4. The fourth-order valence-electron chi connectivity index (χ4n) is 2.75. The van der Waals surface area contributed by atoms with Gasteiger partial charge in [-0.1, -0.05) is 49.6 Å². The van der Waals surface area contributed by atoms with Gasteiger partial charge in [0.2, 0.25) is 5.90 Å². The molecule has 0 unspecified atom stereocenters. The molecule has 1 N–H and O–H groups in total. The van der Waals surface area contributed by atoms with Crippen molar-refractivity contribution >= 4 is 11.9 Å². The Hall–Kier alpha value is -3.99. The van der Waals surface area contributed by atoms with Crippen LogP contribution in [-0.2, 0) is 4.79 Å². The smallest absolute Gasteiger partial charge is 0.338 e. The standard InChI is InChI=1S/C26H22FNO3/c1-16(2)25(28)30-21-11-9-19(10-12-21)18-5-7-20(8-6-18)23-14-13-22(15-24(23)27)31-26(29)17(3)4/h5-15,28H,1,3H2,2,4H3. The van der Waals surface area contributed by atoms with Crippen molar-refractivity contribution in [2.24, 2.45) is 0 Å². The second-order valence-electron chi connectivity index (χ2n) is 7.12. The molecule has 0 aliphatic heterocycles. The third kappa shape index (κ3) is 5.34. The Balaban J connectivity index is 1.75. The van der Waals surface area contributed by atoms with Gasteiger partial charge >= 0.3 is 5.97 Å². The molecule has 0 aromatic heterocycles. The van der Waals surface area contributed by atoms with Crippen molar-refractivity contribution in [3.63, 3.8) is 0 Å². The molecule has 3 aromatic rings. The van der Waals surface area contributed by atoms with Crippen molar-refractivity contribution in [2.75, 3.05) is 0 Å². The molecule has 0 saturated heterocycles. The summed E-state index contributed by atoms with van der Waals surface area (Å²) in [4.78, 5) is 11.6. The zero-order chi connectivity index (χ0) is 22.5. The van der Waals surface area contributed by atoms with Gasteiger partial charge < -0.3 is 9.47 Å². The average molecular weight is 415 g/mol. The maximum absolute atomic E-state index is 14.6. The lowest BCUT2D eigenvalue weighted by Crippen LogP contribution is -2.08. The van der Waals surface area contributed by atoms with Crippen LogP contribution in [0.4, 0.5) is 4.39 Å². The van der Waals surface area contributed by atoms with E-state index in [1.807, 2.05) is 36.4 Å². The predicted molar refractivity (Wildman–Crippen MR) is 121 cm³/mol. The molecule has 0 heterocycles. The lowest BCUT2D eigenvalue weighted by molar-refractivity contribution is -0.130. The summed E-state index contributed by atoms with van der Waals surface area (Å²) in [6, 6.07) is 19.1. The Labute approximate surface area is 180 Å².